The first kappa shape index (κ1) is 93.9. The fourth-order valence-corrected chi connectivity index (χ4v) is 12.0. The van der Waals surface area contributed by atoms with Gasteiger partial charge in [0.25, 0.3) is 7.82 Å². The maximum absolute atomic E-state index is 12.9. The van der Waals surface area contributed by atoms with E-state index < -0.39 is 26.5 Å². The third-order valence-electron chi connectivity index (χ3n) is 17.4. The molecule has 0 radical (unpaired) electrons. The standard InChI is InChI=1S/C88H152NO8P/c1-6-8-10-12-14-16-18-20-22-24-26-28-30-32-34-36-38-40-42-43-44-45-47-49-51-53-55-57-59-61-63-65-67-69-71-73-75-77-79-81-88(91)97-86(85-96-98(92,93)95-83-82-89(3,4)5)84-94-87(90)80-78-76-74-72-70-68-66-64-62-60-58-56-54-52-50-48-46-41-39-37-35-33-31-29-27-25-23-21-19-17-15-13-11-9-7-2/h8-11,14-17,20-23,26-29,32-35,38-41,86H,6-7,12-13,18-19,24-25,30-31,36-37,42-85H2,1-5H3/b10-8-,11-9-,16-14-,17-15-,22-20-,23-21-,28-26-,29-27-,34-32-,35-33-,40-38-,41-39-. The molecule has 0 amide bonds. The summed E-state index contributed by atoms with van der Waals surface area (Å²) < 4.78 is 34.4. The summed E-state index contributed by atoms with van der Waals surface area (Å²) in [5.74, 6) is -0.823. The lowest BCUT2D eigenvalue weighted by atomic mass is 10.0. The van der Waals surface area contributed by atoms with Crippen molar-refractivity contribution < 1.29 is 42.1 Å². The molecule has 2 unspecified atom stereocenters. The number of ether oxygens (including phenoxy) is 2. The van der Waals surface area contributed by atoms with Crippen molar-refractivity contribution in [3.05, 3.63) is 146 Å². The van der Waals surface area contributed by atoms with Crippen molar-refractivity contribution in [1.29, 1.82) is 0 Å². The molecule has 0 bridgehead atoms. The molecule has 0 aliphatic carbocycles. The minimum Gasteiger partial charge on any atom is -0.756 e. The summed E-state index contributed by atoms with van der Waals surface area (Å²) in [5, 5.41) is 0. The van der Waals surface area contributed by atoms with Crippen molar-refractivity contribution in [2.75, 3.05) is 47.5 Å². The molecule has 0 saturated carbocycles. The van der Waals surface area contributed by atoms with Crippen LogP contribution in [0.4, 0.5) is 0 Å². The van der Waals surface area contributed by atoms with E-state index >= 15 is 0 Å². The Labute approximate surface area is 605 Å². The zero-order chi connectivity index (χ0) is 71.1. The Morgan fingerprint density at radius 3 is 0.816 bits per heavy atom. The van der Waals surface area contributed by atoms with Gasteiger partial charge in [0, 0.05) is 12.8 Å². The zero-order valence-electron chi connectivity index (χ0n) is 64.2. The molecule has 0 aliphatic rings. The fraction of sp³-hybridized carbons (Fsp3) is 0.705. The van der Waals surface area contributed by atoms with Crippen molar-refractivity contribution in [2.45, 2.75) is 354 Å². The van der Waals surface area contributed by atoms with E-state index in [1.165, 1.54) is 199 Å². The lowest BCUT2D eigenvalue weighted by Gasteiger charge is -2.28. The van der Waals surface area contributed by atoms with Crippen molar-refractivity contribution >= 4 is 19.8 Å². The Morgan fingerprint density at radius 2 is 0.551 bits per heavy atom. The van der Waals surface area contributed by atoms with E-state index in [9.17, 15) is 19.0 Å². The van der Waals surface area contributed by atoms with E-state index in [4.69, 9.17) is 18.5 Å². The molecule has 0 aromatic carbocycles. The van der Waals surface area contributed by atoms with Crippen LogP contribution in [0.5, 0.6) is 0 Å². The Kier molecular flexibility index (Phi) is 73.8. The molecule has 0 aromatic heterocycles. The molecule has 562 valence electrons. The molecule has 0 saturated heterocycles. The highest BCUT2D eigenvalue weighted by Gasteiger charge is 2.22. The van der Waals surface area contributed by atoms with Gasteiger partial charge < -0.3 is 27.9 Å². The van der Waals surface area contributed by atoms with Gasteiger partial charge in [-0.15, -0.1) is 0 Å². The van der Waals surface area contributed by atoms with E-state index in [-0.39, 0.29) is 32.0 Å². The number of hydrogen-bond donors (Lipinski definition) is 0. The predicted molar refractivity (Wildman–Crippen MR) is 424 cm³/mol. The van der Waals surface area contributed by atoms with Crippen molar-refractivity contribution in [1.82, 2.24) is 0 Å². The largest absolute Gasteiger partial charge is 0.756 e. The quantitative estimate of drug-likeness (QED) is 0.0195. The topological polar surface area (TPSA) is 111 Å². The number of carbonyl (C=O) groups excluding carboxylic acids is 2. The number of phosphoric ester groups is 1. The number of likely N-dealkylation sites (N-methyl/N-ethyl adjacent to an activating group) is 1. The van der Waals surface area contributed by atoms with Gasteiger partial charge >= 0.3 is 11.9 Å². The highest BCUT2D eigenvalue weighted by molar-refractivity contribution is 7.45. The molecule has 10 heteroatoms. The van der Waals surface area contributed by atoms with Crippen LogP contribution in [0, 0.1) is 0 Å². The van der Waals surface area contributed by atoms with Gasteiger partial charge in [-0.1, -0.05) is 365 Å². The first-order valence-electron chi connectivity index (χ1n) is 40.5. The maximum atomic E-state index is 12.9. The molecular weight excluding hydrogens is 1230 g/mol. The summed E-state index contributed by atoms with van der Waals surface area (Å²) in [7, 11) is 1.17. The first-order chi connectivity index (χ1) is 48.0. The second-order valence-electron chi connectivity index (χ2n) is 28.0. The second kappa shape index (κ2) is 77.1. The van der Waals surface area contributed by atoms with Crippen LogP contribution in [0.3, 0.4) is 0 Å². The summed E-state index contributed by atoms with van der Waals surface area (Å²) >= 11 is 0. The molecule has 0 spiro atoms. The van der Waals surface area contributed by atoms with Gasteiger partial charge in [-0.2, -0.15) is 0 Å². The van der Waals surface area contributed by atoms with Crippen LogP contribution >= 0.6 is 7.82 Å². The second-order valence-corrected chi connectivity index (χ2v) is 29.4. The van der Waals surface area contributed by atoms with Gasteiger partial charge in [0.05, 0.1) is 27.7 Å². The number of esters is 2. The monoisotopic (exact) mass is 1380 g/mol. The first-order valence-corrected chi connectivity index (χ1v) is 42.0. The van der Waals surface area contributed by atoms with Crippen LogP contribution in [0.2, 0.25) is 0 Å². The number of nitrogens with zero attached hydrogens (tertiary/aromatic N) is 1. The molecule has 0 aromatic rings. The number of allylic oxidation sites excluding steroid dienone is 24. The summed E-state index contributed by atoms with van der Waals surface area (Å²) in [6.45, 7) is 4.04. The predicted octanol–water partition coefficient (Wildman–Crippen LogP) is 26.6. The molecule has 0 heterocycles. The zero-order valence-corrected chi connectivity index (χ0v) is 65.1. The van der Waals surface area contributed by atoms with Gasteiger partial charge in [0.15, 0.2) is 6.10 Å². The average molecular weight is 1380 g/mol. The van der Waals surface area contributed by atoms with E-state index in [2.05, 4.69) is 160 Å². The smallest absolute Gasteiger partial charge is 0.306 e. The van der Waals surface area contributed by atoms with Crippen LogP contribution in [-0.2, 0) is 32.7 Å². The normalized spacial score (nSPS) is 13.8. The number of unbranched alkanes of at least 4 members (excludes halogenated alkanes) is 36. The van der Waals surface area contributed by atoms with Gasteiger partial charge in [-0.25, -0.2) is 0 Å². The Balaban J connectivity index is 3.96. The lowest BCUT2D eigenvalue weighted by molar-refractivity contribution is -0.870. The van der Waals surface area contributed by atoms with Crippen LogP contribution in [0.25, 0.3) is 0 Å². The van der Waals surface area contributed by atoms with E-state index in [1.54, 1.807) is 0 Å². The highest BCUT2D eigenvalue weighted by Crippen LogP contribution is 2.38. The summed E-state index contributed by atoms with van der Waals surface area (Å²) in [5.41, 5.74) is 0. The van der Waals surface area contributed by atoms with E-state index in [0.29, 0.717) is 17.4 Å². The number of hydrogen-bond acceptors (Lipinski definition) is 8. The van der Waals surface area contributed by atoms with Crippen molar-refractivity contribution in [2.24, 2.45) is 0 Å². The number of rotatable bonds is 74. The number of phosphoric acid groups is 1. The summed E-state index contributed by atoms with van der Waals surface area (Å²) in [6.07, 6.45) is 114. The Morgan fingerprint density at radius 1 is 0.316 bits per heavy atom. The summed E-state index contributed by atoms with van der Waals surface area (Å²) in [4.78, 5) is 38.2. The fourth-order valence-electron chi connectivity index (χ4n) is 11.3. The molecule has 0 fully saturated rings. The minimum atomic E-state index is -4.65. The molecule has 0 rings (SSSR count). The number of quaternary nitrogens is 1. The van der Waals surface area contributed by atoms with E-state index in [1.807, 2.05) is 21.1 Å². The van der Waals surface area contributed by atoms with Crippen LogP contribution in [0.1, 0.15) is 348 Å². The SMILES string of the molecule is CC/C=C\C/C=C\C/C=C\C/C=C\C/C=C\C/C=C\CCCCCCCCCCCCCCCCCCCCCCC(=O)OC(COC(=O)CCCCCCCCCCCCCCCCCC/C=C\C/C=C\C/C=C\C/C=C\C/C=C\C/C=C\CC)COP(=O)([O-])OCC[N+](C)(C)C. The third-order valence-corrected chi connectivity index (χ3v) is 18.3. The molecule has 0 N–H and O–H groups in total. The van der Waals surface area contributed by atoms with Crippen LogP contribution in [0.15, 0.2) is 146 Å². The Hall–Kier alpha value is -4.11. The van der Waals surface area contributed by atoms with Gasteiger partial charge in [-0.3, -0.25) is 14.2 Å². The van der Waals surface area contributed by atoms with Gasteiger partial charge in [-0.05, 0) is 116 Å². The van der Waals surface area contributed by atoms with E-state index in [0.717, 1.165) is 116 Å². The lowest BCUT2D eigenvalue weighted by Crippen LogP contribution is -2.37. The molecule has 98 heavy (non-hydrogen) atoms. The van der Waals surface area contributed by atoms with Gasteiger partial charge in [0.1, 0.15) is 19.8 Å². The maximum Gasteiger partial charge on any atom is 0.306 e. The van der Waals surface area contributed by atoms with Crippen molar-refractivity contribution in [3.63, 3.8) is 0 Å². The molecule has 9 nitrogen and oxygen atoms in total. The van der Waals surface area contributed by atoms with Crippen LogP contribution in [-0.4, -0.2) is 70.0 Å². The average Bonchev–Trinajstić information content (AvgIpc) is 1.23. The highest BCUT2D eigenvalue weighted by atomic mass is 31.2. The number of carbonyl (C=O) groups is 2. The minimum absolute atomic E-state index is 0.0336. The van der Waals surface area contributed by atoms with Crippen molar-refractivity contribution in [3.8, 4) is 0 Å². The summed E-state index contributed by atoms with van der Waals surface area (Å²) in [6, 6.07) is 0. The molecule has 2 atom stereocenters. The third kappa shape index (κ3) is 80.9. The Bertz CT molecular complexity index is 2170. The molecule has 0 aliphatic heterocycles. The molecular formula is C88H152NO8P. The van der Waals surface area contributed by atoms with Gasteiger partial charge in [0.2, 0.25) is 0 Å². The van der Waals surface area contributed by atoms with Crippen LogP contribution < -0.4 is 4.89 Å².